The molecule has 0 aliphatic rings. The van der Waals surface area contributed by atoms with Crippen LogP contribution in [0.5, 0.6) is 5.75 Å². The van der Waals surface area contributed by atoms with Crippen molar-refractivity contribution in [2.24, 2.45) is 0 Å². The Hall–Kier alpha value is -1.73. The molecule has 0 saturated carbocycles. The molecule has 19 heavy (non-hydrogen) atoms. The molecule has 0 unspecified atom stereocenters. The molecule has 0 bridgehead atoms. The average Bonchev–Trinajstić information content (AvgIpc) is 2.80. The number of hydrogen-bond donors (Lipinski definition) is 2. The van der Waals surface area contributed by atoms with E-state index in [4.69, 9.17) is 11.6 Å². The number of halogens is 3. The number of rotatable bonds is 3. The van der Waals surface area contributed by atoms with E-state index in [-0.39, 0.29) is 26.3 Å². The molecule has 0 fully saturated rings. The van der Waals surface area contributed by atoms with E-state index in [0.717, 1.165) is 6.20 Å². The van der Waals surface area contributed by atoms with Gasteiger partial charge in [0.25, 0.3) is 12.3 Å². The molecule has 1 amide bonds. The third-order valence-corrected chi connectivity index (χ3v) is 3.32. The minimum absolute atomic E-state index is 0.0275. The van der Waals surface area contributed by atoms with Crippen LogP contribution in [0, 0.1) is 0 Å². The molecule has 0 aliphatic heterocycles. The normalized spacial score (nSPS) is 10.7. The number of anilines is 1. The Balaban J connectivity index is 2.18. The van der Waals surface area contributed by atoms with Crippen LogP contribution in [0.1, 0.15) is 21.7 Å². The van der Waals surface area contributed by atoms with Crippen molar-refractivity contribution in [3.8, 4) is 5.75 Å². The first-order chi connectivity index (χ1) is 8.97. The second kappa shape index (κ2) is 5.50. The van der Waals surface area contributed by atoms with E-state index < -0.39 is 12.3 Å². The van der Waals surface area contributed by atoms with Gasteiger partial charge in [-0.3, -0.25) is 10.1 Å². The fourth-order valence-electron chi connectivity index (χ4n) is 1.30. The fraction of sp³-hybridized carbons (Fsp3) is 0.0909. The fourth-order valence-corrected chi connectivity index (χ4v) is 2.14. The van der Waals surface area contributed by atoms with Gasteiger partial charge in [-0.2, -0.15) is 0 Å². The number of carbonyl (C=O) groups excluding carboxylic acids is 1. The lowest BCUT2D eigenvalue weighted by Crippen LogP contribution is -2.11. The van der Waals surface area contributed by atoms with E-state index >= 15 is 0 Å². The summed E-state index contributed by atoms with van der Waals surface area (Å²) in [5.41, 5.74) is -0.0544. The zero-order valence-electron chi connectivity index (χ0n) is 9.23. The minimum atomic E-state index is -2.64. The third kappa shape index (κ3) is 3.18. The topological polar surface area (TPSA) is 62.2 Å². The zero-order chi connectivity index (χ0) is 14.0. The lowest BCUT2D eigenvalue weighted by molar-refractivity contribution is 0.102. The van der Waals surface area contributed by atoms with Gasteiger partial charge in [-0.05, 0) is 18.2 Å². The predicted octanol–water partition coefficient (Wildman–Crippen LogP) is 3.69. The maximum atomic E-state index is 12.4. The lowest BCUT2D eigenvalue weighted by Gasteiger charge is -2.04. The quantitative estimate of drug-likeness (QED) is 0.909. The highest BCUT2D eigenvalue weighted by Gasteiger charge is 2.16. The Kier molecular flexibility index (Phi) is 3.96. The first kappa shape index (κ1) is 13.7. The van der Waals surface area contributed by atoms with Gasteiger partial charge in [0.15, 0.2) is 5.13 Å². The Morgan fingerprint density at radius 2 is 2.21 bits per heavy atom. The van der Waals surface area contributed by atoms with Crippen LogP contribution in [-0.2, 0) is 0 Å². The second-order valence-corrected chi connectivity index (χ2v) is 4.98. The lowest BCUT2D eigenvalue weighted by atomic mass is 10.2. The predicted molar refractivity (Wildman–Crippen MR) is 68.1 cm³/mol. The zero-order valence-corrected chi connectivity index (χ0v) is 10.8. The number of hydrogen-bond acceptors (Lipinski definition) is 4. The van der Waals surface area contributed by atoms with E-state index in [1.54, 1.807) is 0 Å². The van der Waals surface area contributed by atoms with Crippen molar-refractivity contribution >= 4 is 34.0 Å². The molecule has 2 aromatic rings. The molecule has 0 atom stereocenters. The molecule has 8 heteroatoms. The summed E-state index contributed by atoms with van der Waals surface area (Å²) in [5, 5.41) is 12.1. The molecule has 0 aliphatic carbocycles. The van der Waals surface area contributed by atoms with Crippen molar-refractivity contribution in [1.82, 2.24) is 4.98 Å². The molecular weight excluding hydrogens is 298 g/mol. The highest BCUT2D eigenvalue weighted by molar-refractivity contribution is 7.15. The summed E-state index contributed by atoms with van der Waals surface area (Å²) in [6.45, 7) is 0. The minimum Gasteiger partial charge on any atom is -0.507 e. The Labute approximate surface area is 115 Å². The van der Waals surface area contributed by atoms with Crippen molar-refractivity contribution < 1.29 is 18.7 Å². The summed E-state index contributed by atoms with van der Waals surface area (Å²) in [6.07, 6.45) is -1.65. The molecule has 4 nitrogen and oxygen atoms in total. The molecule has 2 rings (SSSR count). The van der Waals surface area contributed by atoms with E-state index in [1.165, 1.54) is 18.2 Å². The number of nitrogens with zero attached hydrogens (tertiary/aromatic N) is 1. The van der Waals surface area contributed by atoms with Gasteiger partial charge in [0.05, 0.1) is 10.4 Å². The van der Waals surface area contributed by atoms with Crippen LogP contribution in [0.4, 0.5) is 13.9 Å². The van der Waals surface area contributed by atoms with Gasteiger partial charge in [-0.25, -0.2) is 13.8 Å². The van der Waals surface area contributed by atoms with Crippen molar-refractivity contribution in [2.75, 3.05) is 5.32 Å². The molecule has 100 valence electrons. The molecule has 2 N–H and O–H groups in total. The monoisotopic (exact) mass is 304 g/mol. The van der Waals surface area contributed by atoms with Gasteiger partial charge in [-0.1, -0.05) is 22.9 Å². The van der Waals surface area contributed by atoms with Crippen LogP contribution in [0.3, 0.4) is 0 Å². The highest BCUT2D eigenvalue weighted by Crippen LogP contribution is 2.29. The number of phenolic OH excluding ortho intramolecular Hbond substituents is 1. The number of phenols is 1. The number of nitrogens with one attached hydrogen (secondary N) is 1. The van der Waals surface area contributed by atoms with E-state index in [9.17, 15) is 18.7 Å². The van der Waals surface area contributed by atoms with E-state index in [2.05, 4.69) is 10.3 Å². The van der Waals surface area contributed by atoms with Crippen LogP contribution >= 0.6 is 22.9 Å². The Bertz CT molecular complexity index is 618. The Morgan fingerprint density at radius 3 is 2.84 bits per heavy atom. The first-order valence-corrected chi connectivity index (χ1v) is 6.20. The molecule has 0 radical (unpaired) electrons. The summed E-state index contributed by atoms with van der Waals surface area (Å²) in [7, 11) is 0. The number of benzene rings is 1. The molecule has 0 saturated heterocycles. The van der Waals surface area contributed by atoms with Gasteiger partial charge >= 0.3 is 0 Å². The third-order valence-electron chi connectivity index (χ3n) is 2.16. The van der Waals surface area contributed by atoms with Crippen LogP contribution in [0.2, 0.25) is 5.02 Å². The van der Waals surface area contributed by atoms with Crippen LogP contribution in [-0.4, -0.2) is 16.0 Å². The van der Waals surface area contributed by atoms with Crippen LogP contribution in [0.25, 0.3) is 0 Å². The van der Waals surface area contributed by atoms with Gasteiger partial charge in [-0.15, -0.1) is 0 Å². The van der Waals surface area contributed by atoms with Gasteiger partial charge in [0.1, 0.15) is 5.75 Å². The molecule has 1 heterocycles. The maximum Gasteiger partial charge on any atom is 0.274 e. The molecular formula is C11H7ClF2N2O2S. The van der Waals surface area contributed by atoms with Gasteiger partial charge in [0, 0.05) is 11.2 Å². The average molecular weight is 305 g/mol. The van der Waals surface area contributed by atoms with Crippen molar-refractivity contribution in [3.63, 3.8) is 0 Å². The van der Waals surface area contributed by atoms with E-state index in [1.807, 2.05) is 0 Å². The van der Waals surface area contributed by atoms with E-state index in [0.29, 0.717) is 11.3 Å². The molecule has 1 aromatic carbocycles. The number of amides is 1. The SMILES string of the molecule is O=C(Nc1ncc(C(F)F)s1)c1cc(Cl)ccc1O. The first-order valence-electron chi connectivity index (χ1n) is 5.01. The van der Waals surface area contributed by atoms with Crippen molar-refractivity contribution in [2.45, 2.75) is 6.43 Å². The standard InChI is InChI=1S/C11H7ClF2N2O2S/c12-5-1-2-7(17)6(3-5)10(18)16-11-15-4-8(19-11)9(13)14/h1-4,9,17H,(H,15,16,18). The largest absolute Gasteiger partial charge is 0.507 e. The van der Waals surface area contributed by atoms with Crippen LogP contribution < -0.4 is 5.32 Å². The van der Waals surface area contributed by atoms with Gasteiger partial charge in [0.2, 0.25) is 0 Å². The summed E-state index contributed by atoms with van der Waals surface area (Å²) in [5.74, 6) is -0.928. The molecule has 1 aromatic heterocycles. The maximum absolute atomic E-state index is 12.4. The summed E-state index contributed by atoms with van der Waals surface area (Å²) in [4.78, 5) is 15.2. The van der Waals surface area contributed by atoms with Crippen molar-refractivity contribution in [3.05, 3.63) is 39.9 Å². The Morgan fingerprint density at radius 1 is 1.47 bits per heavy atom. The number of carbonyl (C=O) groups is 1. The number of aromatic hydroxyl groups is 1. The summed E-state index contributed by atoms with van der Waals surface area (Å²) < 4.78 is 24.7. The summed E-state index contributed by atoms with van der Waals surface area (Å²) >= 11 is 6.37. The number of thiazole rings is 1. The number of alkyl halides is 2. The van der Waals surface area contributed by atoms with Gasteiger partial charge < -0.3 is 5.11 Å². The molecule has 0 spiro atoms. The van der Waals surface area contributed by atoms with Crippen LogP contribution in [0.15, 0.2) is 24.4 Å². The smallest absolute Gasteiger partial charge is 0.274 e. The second-order valence-electron chi connectivity index (χ2n) is 3.48. The van der Waals surface area contributed by atoms with Crippen molar-refractivity contribution in [1.29, 1.82) is 0 Å². The number of aromatic nitrogens is 1. The highest BCUT2D eigenvalue weighted by atomic mass is 35.5. The summed E-state index contributed by atoms with van der Waals surface area (Å²) in [6, 6.07) is 3.96.